The molecular formula is C3H3Cl3O2S. The van der Waals surface area contributed by atoms with Crippen LogP contribution in [0.1, 0.15) is 6.92 Å². The quantitative estimate of drug-likeness (QED) is 0.490. The third-order valence-electron chi connectivity index (χ3n) is 0.254. The van der Waals surface area contributed by atoms with Crippen LogP contribution in [0, 0.1) is 0 Å². The van der Waals surface area contributed by atoms with Crippen molar-refractivity contribution in [2.75, 3.05) is 0 Å². The summed E-state index contributed by atoms with van der Waals surface area (Å²) in [5, 5.41) is 0. The number of carbonyl (C=O) groups is 1. The number of hydrogen-bond donors (Lipinski definition) is 0. The zero-order chi connectivity index (χ0) is 7.49. The Bertz CT molecular complexity index is 110. The topological polar surface area (TPSA) is 26.3 Å². The number of alkyl halides is 3. The van der Waals surface area contributed by atoms with E-state index < -0.39 is 9.09 Å². The highest BCUT2D eigenvalue weighted by molar-refractivity contribution is 8.00. The van der Waals surface area contributed by atoms with Crippen LogP contribution in [-0.4, -0.2) is 9.09 Å². The lowest BCUT2D eigenvalue weighted by atomic mass is 10.9. The highest BCUT2D eigenvalue weighted by Crippen LogP contribution is 2.39. The van der Waals surface area contributed by atoms with Gasteiger partial charge in [0.1, 0.15) is 12.0 Å². The second kappa shape index (κ2) is 3.76. The Morgan fingerprint density at radius 3 is 2.11 bits per heavy atom. The largest absolute Gasteiger partial charge is 0.387 e. The maximum atomic E-state index is 10.1. The lowest BCUT2D eigenvalue weighted by Crippen LogP contribution is -1.99. The van der Waals surface area contributed by atoms with Gasteiger partial charge in [-0.2, -0.15) is 0 Å². The Labute approximate surface area is 72.0 Å². The van der Waals surface area contributed by atoms with Gasteiger partial charge in [0.05, 0.1) is 0 Å². The summed E-state index contributed by atoms with van der Waals surface area (Å²) in [6.45, 7) is 1.23. The van der Waals surface area contributed by atoms with Gasteiger partial charge in [0.15, 0.2) is 0 Å². The smallest absolute Gasteiger partial charge is 0.314 e. The predicted molar refractivity (Wildman–Crippen MR) is 39.6 cm³/mol. The number of rotatable bonds is 1. The van der Waals surface area contributed by atoms with Gasteiger partial charge >= 0.3 is 5.97 Å². The summed E-state index contributed by atoms with van der Waals surface area (Å²) >= 11 is 16.1. The molecule has 0 aromatic carbocycles. The molecule has 0 aliphatic carbocycles. The maximum absolute atomic E-state index is 10.1. The Morgan fingerprint density at radius 1 is 1.56 bits per heavy atom. The van der Waals surface area contributed by atoms with Gasteiger partial charge in [-0.05, 0) is 0 Å². The molecule has 0 heterocycles. The van der Waals surface area contributed by atoms with Crippen LogP contribution in [0.15, 0.2) is 0 Å². The summed E-state index contributed by atoms with van der Waals surface area (Å²) < 4.78 is 2.71. The standard InChI is InChI=1S/C3H3Cl3O2S/c1-2(7)8-9-3(4,5)6/h1H3. The molecule has 0 fully saturated rings. The number of carbonyl (C=O) groups excluding carboxylic acids is 1. The van der Waals surface area contributed by atoms with Crippen molar-refractivity contribution >= 4 is 52.8 Å². The minimum atomic E-state index is -1.58. The normalized spacial score (nSPS) is 11.1. The van der Waals surface area contributed by atoms with E-state index in [1.165, 1.54) is 6.92 Å². The van der Waals surface area contributed by atoms with Gasteiger partial charge in [0.2, 0.25) is 0 Å². The fraction of sp³-hybridized carbons (Fsp3) is 0.667. The van der Waals surface area contributed by atoms with E-state index in [2.05, 4.69) is 4.18 Å². The van der Waals surface area contributed by atoms with E-state index in [4.69, 9.17) is 34.8 Å². The summed E-state index contributed by atoms with van der Waals surface area (Å²) in [4.78, 5) is 10.1. The van der Waals surface area contributed by atoms with Crippen molar-refractivity contribution in [3.8, 4) is 0 Å². The zero-order valence-corrected chi connectivity index (χ0v) is 7.44. The lowest BCUT2D eigenvalue weighted by Gasteiger charge is -2.05. The molecule has 54 valence electrons. The van der Waals surface area contributed by atoms with Crippen LogP contribution in [0.5, 0.6) is 0 Å². The van der Waals surface area contributed by atoms with E-state index in [1.54, 1.807) is 0 Å². The van der Waals surface area contributed by atoms with Crippen LogP contribution in [0.3, 0.4) is 0 Å². The molecule has 0 aliphatic rings. The van der Waals surface area contributed by atoms with Crippen molar-refractivity contribution in [2.45, 2.75) is 10.0 Å². The van der Waals surface area contributed by atoms with Crippen LogP contribution in [0.4, 0.5) is 0 Å². The van der Waals surface area contributed by atoms with Crippen molar-refractivity contribution in [3.05, 3.63) is 0 Å². The van der Waals surface area contributed by atoms with E-state index in [9.17, 15) is 4.79 Å². The van der Waals surface area contributed by atoms with E-state index in [0.717, 1.165) is 0 Å². The average molecular weight is 209 g/mol. The fourth-order valence-corrected chi connectivity index (χ4v) is 0.601. The average Bonchev–Trinajstić information content (AvgIpc) is 1.59. The molecule has 0 radical (unpaired) electrons. The summed E-state index contributed by atoms with van der Waals surface area (Å²) in [6, 6.07) is 0. The summed E-state index contributed by atoms with van der Waals surface area (Å²) in [6.07, 6.45) is 0. The minimum Gasteiger partial charge on any atom is -0.387 e. The van der Waals surface area contributed by atoms with Crippen LogP contribution in [-0.2, 0) is 8.98 Å². The van der Waals surface area contributed by atoms with Crippen LogP contribution < -0.4 is 0 Å². The maximum Gasteiger partial charge on any atom is 0.314 e. The van der Waals surface area contributed by atoms with Gasteiger partial charge in [-0.15, -0.1) is 0 Å². The highest BCUT2D eigenvalue weighted by Gasteiger charge is 2.23. The molecule has 0 aromatic rings. The van der Waals surface area contributed by atoms with Crippen molar-refractivity contribution in [2.24, 2.45) is 0 Å². The van der Waals surface area contributed by atoms with Crippen LogP contribution >= 0.6 is 46.8 Å². The first-order chi connectivity index (χ1) is 3.92. The second-order valence-electron chi connectivity index (χ2n) is 1.10. The first-order valence-corrected chi connectivity index (χ1v) is 3.72. The van der Waals surface area contributed by atoms with Crippen molar-refractivity contribution in [3.63, 3.8) is 0 Å². The van der Waals surface area contributed by atoms with Gasteiger partial charge in [-0.25, -0.2) is 0 Å². The molecule has 0 aromatic heterocycles. The summed E-state index contributed by atoms with van der Waals surface area (Å²) in [5.41, 5.74) is 0. The predicted octanol–water partition coefficient (Wildman–Crippen LogP) is 2.53. The molecule has 0 rings (SSSR count). The number of hydrogen-bond acceptors (Lipinski definition) is 3. The van der Waals surface area contributed by atoms with Crippen molar-refractivity contribution in [1.82, 2.24) is 0 Å². The van der Waals surface area contributed by atoms with Gasteiger partial charge in [-0.1, -0.05) is 34.8 Å². The van der Waals surface area contributed by atoms with Crippen molar-refractivity contribution in [1.29, 1.82) is 0 Å². The second-order valence-corrected chi connectivity index (χ2v) is 5.00. The molecule has 0 bridgehead atoms. The van der Waals surface area contributed by atoms with Gasteiger partial charge < -0.3 is 4.18 Å². The molecule has 0 amide bonds. The first kappa shape index (κ1) is 9.69. The summed E-state index contributed by atoms with van der Waals surface area (Å²) in [5.74, 6) is -0.494. The highest BCUT2D eigenvalue weighted by atomic mass is 35.6. The monoisotopic (exact) mass is 208 g/mol. The fourth-order valence-electron chi connectivity index (χ4n) is 0.106. The first-order valence-electron chi connectivity index (χ1n) is 1.85. The number of halogens is 3. The Balaban J connectivity index is 3.39. The molecular weight excluding hydrogens is 206 g/mol. The van der Waals surface area contributed by atoms with E-state index >= 15 is 0 Å². The molecule has 0 N–H and O–H groups in total. The molecule has 0 unspecified atom stereocenters. The molecule has 0 spiro atoms. The van der Waals surface area contributed by atoms with E-state index in [-0.39, 0.29) is 0 Å². The lowest BCUT2D eigenvalue weighted by molar-refractivity contribution is -0.130. The minimum absolute atomic E-state index is 0.488. The van der Waals surface area contributed by atoms with Gasteiger partial charge in [-0.3, -0.25) is 4.79 Å². The molecule has 0 saturated heterocycles. The van der Waals surface area contributed by atoms with Crippen LogP contribution in [0.25, 0.3) is 0 Å². The molecule has 0 aliphatic heterocycles. The Kier molecular flexibility index (Phi) is 4.05. The third-order valence-corrected chi connectivity index (χ3v) is 1.33. The molecule has 0 saturated carbocycles. The van der Waals surface area contributed by atoms with Crippen LogP contribution in [0.2, 0.25) is 0 Å². The van der Waals surface area contributed by atoms with Gasteiger partial charge in [0, 0.05) is 6.92 Å². The molecule has 9 heavy (non-hydrogen) atoms. The Hall–Kier alpha value is 0.690. The Morgan fingerprint density at radius 2 is 2.00 bits per heavy atom. The SMILES string of the molecule is CC(=O)OSC(Cl)(Cl)Cl. The zero-order valence-electron chi connectivity index (χ0n) is 4.36. The van der Waals surface area contributed by atoms with E-state index in [1.807, 2.05) is 0 Å². The molecule has 6 heteroatoms. The molecule has 0 atom stereocenters. The van der Waals surface area contributed by atoms with Gasteiger partial charge in [0.25, 0.3) is 3.12 Å². The van der Waals surface area contributed by atoms with Crippen molar-refractivity contribution < 1.29 is 8.98 Å². The summed E-state index contributed by atoms with van der Waals surface area (Å²) in [7, 11) is 0. The van der Waals surface area contributed by atoms with E-state index in [0.29, 0.717) is 12.0 Å². The third kappa shape index (κ3) is 8.69. The molecule has 2 nitrogen and oxygen atoms in total.